The first-order chi connectivity index (χ1) is 46.0. The van der Waals surface area contributed by atoms with Crippen LogP contribution in [0.2, 0.25) is 0 Å². The first-order valence-electron chi connectivity index (χ1n) is 30.8. The average Bonchev–Trinajstić information content (AvgIpc) is 1.62. The van der Waals surface area contributed by atoms with E-state index in [0.717, 1.165) is 45.8 Å². The van der Waals surface area contributed by atoms with Crippen molar-refractivity contribution in [1.82, 2.24) is 53.2 Å². The lowest BCUT2D eigenvalue weighted by Gasteiger charge is -2.27. The van der Waals surface area contributed by atoms with Gasteiger partial charge in [-0.15, -0.1) is 23.5 Å². The predicted molar refractivity (Wildman–Crippen MR) is 365 cm³/mol. The van der Waals surface area contributed by atoms with Gasteiger partial charge in [0.15, 0.2) is 6.04 Å². The predicted octanol–water partition coefficient (Wildman–Crippen LogP) is 4.51. The standard InChI is InChI=1S/C64H85Cl3N10O19S2/c1-34(2)50(76-56(84)49(30-98-33-69-39(8)79)73-53(81)37(6)71-62(90)96-63(9,10)11)58(86)91-27-46(74-60(88)94-26-45-43-23-17-15-21-41(43)42-22-16-18-24-44(42)45)54(82)70-36(5)52(80)72-48(29-97-32-68-38(7)78)55(83)77-51(35(3)4)59(87)92-28-47(57(85)95-31-64(65,66)67)75-61(89)93-25-40-19-13-12-14-20-40/h12-24,34-37,45-51H,25-33H2,1-11H3,(H,68,78)(H,69,79)(H,70,82)(H,71,90)(H,72,80)(H,73,81)(H,74,88)(H,75,89)(H,76,84)(H,77,83)/t36-,37-,46+,47+,48-,49-,50-,51-/m0/s1. The number of nitrogens with one attached hydrogen (secondary N) is 10. The Labute approximate surface area is 591 Å². The lowest BCUT2D eigenvalue weighted by Crippen LogP contribution is -2.59. The van der Waals surface area contributed by atoms with Gasteiger partial charge in [-0.3, -0.25) is 33.6 Å². The minimum Gasteiger partial charge on any atom is -0.461 e. The Morgan fingerprint density at radius 2 is 0.888 bits per heavy atom. The molecule has 0 radical (unpaired) electrons. The molecule has 3 aromatic rings. The van der Waals surface area contributed by atoms with E-state index < -0.39 is 167 Å². The minimum absolute atomic E-state index is 0.0229. The van der Waals surface area contributed by atoms with E-state index in [-0.39, 0.29) is 42.4 Å². The Bertz CT molecular complexity index is 3240. The molecular weight excluding hydrogens is 1380 g/mol. The third-order valence-corrected chi connectivity index (χ3v) is 16.1. The summed E-state index contributed by atoms with van der Waals surface area (Å²) in [5, 5.41) is 24.8. The quantitative estimate of drug-likeness (QED) is 0.0127. The fourth-order valence-corrected chi connectivity index (χ4v) is 10.8. The maximum absolute atomic E-state index is 14.4. The Balaban J connectivity index is 1.56. The molecule has 0 saturated heterocycles. The van der Waals surface area contributed by atoms with Gasteiger partial charge in [0.2, 0.25) is 45.1 Å². The third kappa shape index (κ3) is 29.1. The van der Waals surface area contributed by atoms with Gasteiger partial charge in [-0.2, -0.15) is 0 Å². The van der Waals surface area contributed by atoms with Gasteiger partial charge in [0, 0.05) is 31.3 Å². The summed E-state index contributed by atoms with van der Waals surface area (Å²) in [6.45, 7) is 13.1. The number of alkyl carbamates (subject to hydrolysis) is 3. The minimum atomic E-state index is -2.07. The van der Waals surface area contributed by atoms with Crippen LogP contribution in [0.3, 0.4) is 0 Å². The van der Waals surface area contributed by atoms with Crippen molar-refractivity contribution in [2.75, 3.05) is 49.7 Å². The van der Waals surface area contributed by atoms with Gasteiger partial charge in [0.1, 0.15) is 80.9 Å². The molecule has 0 heterocycles. The van der Waals surface area contributed by atoms with E-state index in [1.165, 1.54) is 41.5 Å². The molecular formula is C64H85Cl3N10O19S2. The SMILES string of the molecule is CC(=O)NCSC[C@H](NC(=O)[C@H](C)NC(=O)OC(C)(C)C)C(=O)N[C@H](C(=O)OC[C@@H](NC(=O)OCC1c2ccccc2-c2ccccc21)C(=O)N[C@@H](C)C(=O)N[C@@H](CSCNC(C)=O)C(=O)N[C@H](C(=O)OC[C@@H](NC(=O)OCc1ccccc1)C(=O)OCC(Cl)(Cl)Cl)C(C)C)C(C)C. The van der Waals surface area contributed by atoms with E-state index >= 15 is 0 Å². The van der Waals surface area contributed by atoms with Crippen molar-refractivity contribution in [3.05, 3.63) is 95.6 Å². The maximum Gasteiger partial charge on any atom is 0.408 e. The summed E-state index contributed by atoms with van der Waals surface area (Å²) in [5.41, 5.74) is 3.27. The molecule has 4 rings (SSSR count). The Morgan fingerprint density at radius 1 is 0.459 bits per heavy atom. The van der Waals surface area contributed by atoms with Gasteiger partial charge < -0.3 is 81.6 Å². The zero-order valence-electron chi connectivity index (χ0n) is 55.9. The average molecular weight is 1470 g/mol. The van der Waals surface area contributed by atoms with Crippen LogP contribution in [0.25, 0.3) is 11.1 Å². The van der Waals surface area contributed by atoms with Crippen molar-refractivity contribution < 1.29 is 90.8 Å². The fraction of sp³-hybridized carbons (Fsp3) is 0.516. The number of fused-ring (bicyclic) bond motifs is 3. The van der Waals surface area contributed by atoms with E-state index in [4.69, 9.17) is 63.2 Å². The van der Waals surface area contributed by atoms with E-state index in [9.17, 15) is 62.3 Å². The topological polar surface area (TPSA) is 398 Å². The zero-order chi connectivity index (χ0) is 73.0. The molecule has 0 aliphatic heterocycles. The van der Waals surface area contributed by atoms with Crippen LogP contribution in [0.4, 0.5) is 14.4 Å². The largest absolute Gasteiger partial charge is 0.461 e. The van der Waals surface area contributed by atoms with Gasteiger partial charge in [-0.1, -0.05) is 141 Å². The van der Waals surface area contributed by atoms with Gasteiger partial charge >= 0.3 is 36.2 Å². The second-order valence-corrected chi connectivity index (χ2v) is 28.5. The van der Waals surface area contributed by atoms with Crippen molar-refractivity contribution in [1.29, 1.82) is 0 Å². The molecule has 0 unspecified atom stereocenters. The van der Waals surface area contributed by atoms with E-state index in [1.54, 1.807) is 65.0 Å². The monoisotopic (exact) mass is 1470 g/mol. The first-order valence-corrected chi connectivity index (χ1v) is 34.3. The first kappa shape index (κ1) is 82.2. The summed E-state index contributed by atoms with van der Waals surface area (Å²) in [5.74, 6) is -11.4. The number of ether oxygens (including phenoxy) is 6. The second kappa shape index (κ2) is 40.0. The van der Waals surface area contributed by atoms with Crippen LogP contribution in [0.15, 0.2) is 78.9 Å². The molecule has 3 aromatic carbocycles. The number of alkyl halides is 3. The number of hydrogen-bond acceptors (Lipinski definition) is 21. The molecule has 98 heavy (non-hydrogen) atoms. The van der Waals surface area contributed by atoms with Crippen LogP contribution in [-0.2, 0) is 83.0 Å². The van der Waals surface area contributed by atoms with Crippen molar-refractivity contribution in [2.45, 2.75) is 146 Å². The molecule has 0 saturated carbocycles. The van der Waals surface area contributed by atoms with Gasteiger partial charge in [0.25, 0.3) is 0 Å². The molecule has 0 aromatic heterocycles. The highest BCUT2D eigenvalue weighted by molar-refractivity contribution is 7.99. The Kier molecular flexibility index (Phi) is 33.5. The number of rotatable bonds is 35. The summed E-state index contributed by atoms with van der Waals surface area (Å²) >= 11 is 19.4. The van der Waals surface area contributed by atoms with Crippen molar-refractivity contribution >= 4 is 136 Å². The van der Waals surface area contributed by atoms with Gasteiger partial charge in [-0.25, -0.2) is 28.8 Å². The molecule has 34 heteroatoms. The highest BCUT2D eigenvalue weighted by atomic mass is 35.6. The normalized spacial score (nSPS) is 14.2. The van der Waals surface area contributed by atoms with E-state index in [0.29, 0.717) is 5.56 Å². The highest BCUT2D eigenvalue weighted by Crippen LogP contribution is 2.44. The van der Waals surface area contributed by atoms with Gasteiger partial charge in [0.05, 0.1) is 11.8 Å². The molecule has 10 N–H and O–H groups in total. The number of carbonyl (C=O) groups is 13. The van der Waals surface area contributed by atoms with Crippen LogP contribution >= 0.6 is 58.3 Å². The number of benzene rings is 3. The van der Waals surface area contributed by atoms with E-state index in [2.05, 4.69) is 53.2 Å². The number of amides is 10. The third-order valence-electron chi connectivity index (χ3n) is 13.9. The van der Waals surface area contributed by atoms with Crippen molar-refractivity contribution in [2.24, 2.45) is 11.8 Å². The van der Waals surface area contributed by atoms with Gasteiger partial charge in [-0.05, 0) is 74.3 Å². The van der Waals surface area contributed by atoms with Crippen LogP contribution < -0.4 is 53.2 Å². The number of thioether (sulfide) groups is 2. The fourth-order valence-electron chi connectivity index (χ4n) is 8.86. The molecule has 29 nitrogen and oxygen atoms in total. The second-order valence-electron chi connectivity index (χ2n) is 23.9. The van der Waals surface area contributed by atoms with Crippen LogP contribution in [0.1, 0.15) is 98.8 Å². The Morgan fingerprint density at radius 3 is 1.35 bits per heavy atom. The summed E-state index contributed by atoms with van der Waals surface area (Å²) < 4.78 is 30.3. The maximum atomic E-state index is 14.4. The molecule has 1 aliphatic carbocycles. The molecule has 0 bridgehead atoms. The highest BCUT2D eigenvalue weighted by Gasteiger charge is 2.38. The van der Waals surface area contributed by atoms with Crippen LogP contribution in [-0.4, -0.2) is 185 Å². The molecule has 0 spiro atoms. The zero-order valence-corrected chi connectivity index (χ0v) is 59.8. The number of esters is 3. The smallest absolute Gasteiger partial charge is 0.408 e. The summed E-state index contributed by atoms with van der Waals surface area (Å²) in [4.78, 5) is 174. The molecule has 10 amide bonds. The van der Waals surface area contributed by atoms with Crippen LogP contribution in [0, 0.1) is 11.8 Å². The van der Waals surface area contributed by atoms with E-state index in [1.807, 2.05) is 48.5 Å². The summed E-state index contributed by atoms with van der Waals surface area (Å²) in [6.07, 6.45) is -3.18. The number of hydrogen-bond donors (Lipinski definition) is 10. The molecule has 8 atom stereocenters. The van der Waals surface area contributed by atoms with Crippen molar-refractivity contribution in [3.63, 3.8) is 0 Å². The van der Waals surface area contributed by atoms with Crippen LogP contribution in [0.5, 0.6) is 0 Å². The summed E-state index contributed by atoms with van der Waals surface area (Å²) in [7, 11) is 0. The van der Waals surface area contributed by atoms with Crippen molar-refractivity contribution in [3.8, 4) is 11.1 Å². The number of halogens is 3. The lowest BCUT2D eigenvalue weighted by molar-refractivity contribution is -0.155. The molecule has 0 fully saturated rings. The summed E-state index contributed by atoms with van der Waals surface area (Å²) in [6, 6.07) is 11.3. The molecule has 538 valence electrons. The number of carbonyl (C=O) groups excluding carboxylic acids is 13. The molecule has 1 aliphatic rings. The lowest BCUT2D eigenvalue weighted by atomic mass is 9.98. The Hall–Kier alpha value is -8.26.